The van der Waals surface area contributed by atoms with E-state index in [-0.39, 0.29) is 5.69 Å². The van der Waals surface area contributed by atoms with E-state index >= 15 is 0 Å². The Kier molecular flexibility index (Phi) is 3.10. The maximum absolute atomic E-state index is 11.4. The van der Waals surface area contributed by atoms with Gasteiger partial charge >= 0.3 is 5.97 Å². The molecule has 5 heteroatoms. The lowest BCUT2D eigenvalue weighted by atomic mass is 10.2. The number of aromatic carboxylic acids is 1. The van der Waals surface area contributed by atoms with Gasteiger partial charge in [0.15, 0.2) is 5.69 Å². The number of para-hydroxylation sites is 1. The van der Waals surface area contributed by atoms with Crippen LogP contribution in [0.2, 0.25) is 0 Å². The Morgan fingerprint density at radius 2 is 2.00 bits per heavy atom. The summed E-state index contributed by atoms with van der Waals surface area (Å²) in [6, 6.07) is 11.1. The maximum atomic E-state index is 11.4. The molecule has 0 amide bonds. The molecule has 0 radical (unpaired) electrons. The summed E-state index contributed by atoms with van der Waals surface area (Å²) in [6.45, 7) is 1.95. The Morgan fingerprint density at radius 1 is 1.24 bits per heavy atom. The zero-order valence-electron chi connectivity index (χ0n) is 11.7. The molecule has 0 aliphatic rings. The predicted octanol–water partition coefficient (Wildman–Crippen LogP) is 3.02. The van der Waals surface area contributed by atoms with Crippen molar-refractivity contribution in [1.29, 1.82) is 0 Å². The van der Waals surface area contributed by atoms with Crippen molar-refractivity contribution >= 4 is 11.5 Å². The summed E-state index contributed by atoms with van der Waals surface area (Å²) in [5.41, 5.74) is 2.38. The van der Waals surface area contributed by atoms with Gasteiger partial charge in [0.1, 0.15) is 11.6 Å². The third kappa shape index (κ3) is 2.12. The summed E-state index contributed by atoms with van der Waals surface area (Å²) in [6.07, 6.45) is 1.87. The first kappa shape index (κ1) is 13.2. The lowest BCUT2D eigenvalue weighted by Crippen LogP contribution is -1.97. The Labute approximate surface area is 121 Å². The lowest BCUT2D eigenvalue weighted by molar-refractivity contribution is 0.0693. The standard InChI is InChI=1S/C16H14N2O3/c1-10-7-8-12-14(16(19)20)17-15(18(12)9-10)11-5-3-4-6-13(11)21-2/h3-9H,1-2H3,(H,19,20). The summed E-state index contributed by atoms with van der Waals surface area (Å²) in [5, 5.41) is 9.33. The van der Waals surface area contributed by atoms with Crippen LogP contribution in [0.1, 0.15) is 16.1 Å². The van der Waals surface area contributed by atoms with Crippen molar-refractivity contribution in [2.45, 2.75) is 6.92 Å². The largest absolute Gasteiger partial charge is 0.496 e. The van der Waals surface area contributed by atoms with E-state index in [1.165, 1.54) is 0 Å². The van der Waals surface area contributed by atoms with Gasteiger partial charge in [-0.3, -0.25) is 4.40 Å². The van der Waals surface area contributed by atoms with Crippen molar-refractivity contribution in [2.75, 3.05) is 7.11 Å². The maximum Gasteiger partial charge on any atom is 0.356 e. The number of fused-ring (bicyclic) bond motifs is 1. The van der Waals surface area contributed by atoms with Crippen LogP contribution in [-0.2, 0) is 0 Å². The molecule has 3 aromatic rings. The molecule has 5 nitrogen and oxygen atoms in total. The molecule has 0 aliphatic carbocycles. The molecule has 1 aromatic carbocycles. The molecular formula is C16H14N2O3. The highest BCUT2D eigenvalue weighted by Gasteiger charge is 2.19. The number of methoxy groups -OCH3 is 1. The average molecular weight is 282 g/mol. The quantitative estimate of drug-likeness (QED) is 0.802. The predicted molar refractivity (Wildman–Crippen MR) is 78.9 cm³/mol. The summed E-state index contributed by atoms with van der Waals surface area (Å²) >= 11 is 0. The van der Waals surface area contributed by atoms with E-state index < -0.39 is 5.97 Å². The molecule has 0 aliphatic heterocycles. The summed E-state index contributed by atoms with van der Waals surface area (Å²) in [7, 11) is 1.58. The van der Waals surface area contributed by atoms with Gasteiger partial charge in [0.05, 0.1) is 18.2 Å². The number of hydrogen-bond donors (Lipinski definition) is 1. The summed E-state index contributed by atoms with van der Waals surface area (Å²) in [5.74, 6) is 0.170. The zero-order chi connectivity index (χ0) is 15.0. The molecular weight excluding hydrogens is 268 g/mol. The van der Waals surface area contributed by atoms with Crippen molar-refractivity contribution in [3.63, 3.8) is 0 Å². The van der Waals surface area contributed by atoms with Crippen LogP contribution in [0.4, 0.5) is 0 Å². The number of aryl methyl sites for hydroxylation is 1. The van der Waals surface area contributed by atoms with Crippen LogP contribution in [0, 0.1) is 6.92 Å². The van der Waals surface area contributed by atoms with Crippen LogP contribution in [-0.4, -0.2) is 27.6 Å². The second-order valence-electron chi connectivity index (χ2n) is 4.75. The van der Waals surface area contributed by atoms with Crippen LogP contribution in [0.5, 0.6) is 5.75 Å². The van der Waals surface area contributed by atoms with Crippen LogP contribution >= 0.6 is 0 Å². The fourth-order valence-corrected chi connectivity index (χ4v) is 2.37. The van der Waals surface area contributed by atoms with Gasteiger partial charge in [0.25, 0.3) is 0 Å². The van der Waals surface area contributed by atoms with E-state index in [1.807, 2.05) is 43.5 Å². The molecule has 106 valence electrons. The van der Waals surface area contributed by atoms with Gasteiger partial charge in [-0.1, -0.05) is 18.2 Å². The van der Waals surface area contributed by atoms with Crippen molar-refractivity contribution in [3.8, 4) is 17.1 Å². The number of imidazole rings is 1. The molecule has 0 saturated heterocycles. The molecule has 1 N–H and O–H groups in total. The number of hydrogen-bond acceptors (Lipinski definition) is 3. The zero-order valence-corrected chi connectivity index (χ0v) is 11.7. The van der Waals surface area contributed by atoms with Crippen LogP contribution < -0.4 is 4.74 Å². The highest BCUT2D eigenvalue weighted by atomic mass is 16.5. The second kappa shape index (κ2) is 4.94. The molecule has 0 unspecified atom stereocenters. The monoisotopic (exact) mass is 282 g/mol. The van der Waals surface area contributed by atoms with Gasteiger partial charge in [0, 0.05) is 6.20 Å². The first-order valence-corrected chi connectivity index (χ1v) is 6.47. The number of benzene rings is 1. The summed E-state index contributed by atoms with van der Waals surface area (Å²) < 4.78 is 7.14. The molecule has 2 heterocycles. The highest BCUT2D eigenvalue weighted by molar-refractivity contribution is 5.95. The molecule has 0 bridgehead atoms. The van der Waals surface area contributed by atoms with E-state index in [9.17, 15) is 9.90 Å². The van der Waals surface area contributed by atoms with Gasteiger partial charge in [-0.05, 0) is 30.7 Å². The Bertz CT molecular complexity index is 837. The van der Waals surface area contributed by atoms with Crippen LogP contribution in [0.15, 0.2) is 42.6 Å². The minimum absolute atomic E-state index is 0.0379. The fraction of sp³-hybridized carbons (Fsp3) is 0.125. The van der Waals surface area contributed by atoms with E-state index in [1.54, 1.807) is 17.6 Å². The van der Waals surface area contributed by atoms with Gasteiger partial charge < -0.3 is 9.84 Å². The first-order valence-electron chi connectivity index (χ1n) is 6.47. The summed E-state index contributed by atoms with van der Waals surface area (Å²) in [4.78, 5) is 15.7. The van der Waals surface area contributed by atoms with E-state index in [0.29, 0.717) is 17.1 Å². The second-order valence-corrected chi connectivity index (χ2v) is 4.75. The van der Waals surface area contributed by atoms with E-state index in [4.69, 9.17) is 4.74 Å². The molecule has 2 aromatic heterocycles. The minimum atomic E-state index is -1.04. The van der Waals surface area contributed by atoms with Crippen molar-refractivity contribution < 1.29 is 14.6 Å². The third-order valence-electron chi connectivity index (χ3n) is 3.34. The minimum Gasteiger partial charge on any atom is -0.496 e. The van der Waals surface area contributed by atoms with Gasteiger partial charge in [-0.25, -0.2) is 9.78 Å². The molecule has 21 heavy (non-hydrogen) atoms. The fourth-order valence-electron chi connectivity index (χ4n) is 2.37. The number of pyridine rings is 1. The third-order valence-corrected chi connectivity index (χ3v) is 3.34. The molecule has 0 atom stereocenters. The van der Waals surface area contributed by atoms with Crippen LogP contribution in [0.25, 0.3) is 16.9 Å². The van der Waals surface area contributed by atoms with E-state index in [2.05, 4.69) is 4.98 Å². The lowest BCUT2D eigenvalue weighted by Gasteiger charge is -2.07. The van der Waals surface area contributed by atoms with Crippen molar-refractivity contribution in [1.82, 2.24) is 9.38 Å². The number of carbonyl (C=O) groups is 1. The number of carboxylic acid groups (broad SMARTS) is 1. The van der Waals surface area contributed by atoms with Crippen LogP contribution in [0.3, 0.4) is 0 Å². The van der Waals surface area contributed by atoms with Crippen molar-refractivity contribution in [3.05, 3.63) is 53.9 Å². The first-order chi connectivity index (χ1) is 10.1. The Morgan fingerprint density at radius 3 is 2.71 bits per heavy atom. The highest BCUT2D eigenvalue weighted by Crippen LogP contribution is 2.30. The molecule has 0 fully saturated rings. The number of carboxylic acids is 1. The number of rotatable bonds is 3. The topological polar surface area (TPSA) is 63.8 Å². The molecule has 3 rings (SSSR count). The molecule has 0 spiro atoms. The van der Waals surface area contributed by atoms with Gasteiger partial charge in [0.2, 0.25) is 0 Å². The molecule has 0 saturated carbocycles. The average Bonchev–Trinajstić information content (AvgIpc) is 2.85. The number of ether oxygens (including phenoxy) is 1. The number of nitrogens with zero attached hydrogens (tertiary/aromatic N) is 2. The van der Waals surface area contributed by atoms with E-state index in [0.717, 1.165) is 11.1 Å². The Hall–Kier alpha value is -2.82. The number of aromatic nitrogens is 2. The van der Waals surface area contributed by atoms with Crippen molar-refractivity contribution in [2.24, 2.45) is 0 Å². The SMILES string of the molecule is COc1ccccc1-c1nc(C(=O)O)c2ccc(C)cn12. The smallest absolute Gasteiger partial charge is 0.356 e. The van der Waals surface area contributed by atoms with Gasteiger partial charge in [-0.2, -0.15) is 0 Å². The van der Waals surface area contributed by atoms with Gasteiger partial charge in [-0.15, -0.1) is 0 Å². The normalized spacial score (nSPS) is 10.8. The Balaban J connectivity index is 2.37.